The molecule has 6 unspecified atom stereocenters. The second kappa shape index (κ2) is 11.6. The number of ether oxygens (including phenoxy) is 1. The maximum Gasteiger partial charge on any atom is 0.298 e. The predicted octanol–water partition coefficient (Wildman–Crippen LogP) is 1.90. The SMILES string of the molecule is CCC=C(C)C(O)C(C)C=CC=CC(O)CC(O)CC1=C(C)C(=O)C(O)(C(C)O)O1. The molecule has 0 amide bonds. The topological polar surface area (TPSA) is 127 Å². The molecule has 170 valence electrons. The van der Waals surface area contributed by atoms with Gasteiger partial charge in [0, 0.05) is 24.3 Å². The molecule has 7 heteroatoms. The standard InChI is InChI=1S/C23H36O7/c1-6-9-14(2)21(27)15(3)10-7-8-11-18(25)12-19(26)13-20-16(4)22(28)23(29,30-20)17(5)24/h7-11,15,17-19,21,24-27,29H,6,12-13H2,1-5H3. The van der Waals surface area contributed by atoms with Crippen LogP contribution in [0.15, 0.2) is 47.3 Å². The normalized spacial score (nSPS) is 25.7. The molecule has 0 aromatic carbocycles. The van der Waals surface area contributed by atoms with Gasteiger partial charge in [-0.1, -0.05) is 44.2 Å². The lowest BCUT2D eigenvalue weighted by atomic mass is 9.97. The van der Waals surface area contributed by atoms with Crippen molar-refractivity contribution in [2.24, 2.45) is 5.92 Å². The highest BCUT2D eigenvalue weighted by molar-refractivity contribution is 6.03. The van der Waals surface area contributed by atoms with Gasteiger partial charge in [0.15, 0.2) is 0 Å². The molecule has 5 N–H and O–H groups in total. The van der Waals surface area contributed by atoms with E-state index in [0.717, 1.165) is 12.0 Å². The summed E-state index contributed by atoms with van der Waals surface area (Å²) >= 11 is 0. The first-order valence-electron chi connectivity index (χ1n) is 10.3. The largest absolute Gasteiger partial charge is 0.456 e. The Balaban J connectivity index is 2.56. The molecule has 0 aromatic rings. The van der Waals surface area contributed by atoms with Crippen molar-refractivity contribution >= 4 is 5.78 Å². The van der Waals surface area contributed by atoms with Crippen molar-refractivity contribution in [3.8, 4) is 0 Å². The van der Waals surface area contributed by atoms with E-state index in [2.05, 4.69) is 0 Å². The minimum absolute atomic E-state index is 0.00228. The summed E-state index contributed by atoms with van der Waals surface area (Å²) in [5, 5.41) is 50.2. The number of aliphatic hydroxyl groups is 5. The van der Waals surface area contributed by atoms with Crippen LogP contribution in [0.2, 0.25) is 0 Å². The monoisotopic (exact) mass is 424 g/mol. The molecule has 0 fully saturated rings. The minimum Gasteiger partial charge on any atom is -0.456 e. The van der Waals surface area contributed by atoms with Crippen molar-refractivity contribution in [2.75, 3.05) is 0 Å². The Morgan fingerprint density at radius 3 is 2.27 bits per heavy atom. The molecule has 0 aromatic heterocycles. The zero-order chi connectivity index (χ0) is 23.1. The summed E-state index contributed by atoms with van der Waals surface area (Å²) in [7, 11) is 0. The van der Waals surface area contributed by atoms with E-state index in [1.54, 1.807) is 12.2 Å². The van der Waals surface area contributed by atoms with E-state index in [4.69, 9.17) is 4.74 Å². The van der Waals surface area contributed by atoms with Gasteiger partial charge in [0.25, 0.3) is 5.79 Å². The van der Waals surface area contributed by atoms with Crippen LogP contribution in [-0.2, 0) is 9.53 Å². The molecule has 1 rings (SSSR count). The zero-order valence-electron chi connectivity index (χ0n) is 18.4. The van der Waals surface area contributed by atoms with Crippen molar-refractivity contribution < 1.29 is 35.1 Å². The molecule has 0 bridgehead atoms. The Morgan fingerprint density at radius 2 is 1.73 bits per heavy atom. The third-order valence-corrected chi connectivity index (χ3v) is 5.21. The van der Waals surface area contributed by atoms with Gasteiger partial charge in [-0.3, -0.25) is 4.79 Å². The first-order valence-corrected chi connectivity index (χ1v) is 10.3. The molecule has 1 aliphatic rings. The summed E-state index contributed by atoms with van der Waals surface area (Å²) in [5.74, 6) is -3.04. The van der Waals surface area contributed by atoms with Crippen molar-refractivity contribution in [3.63, 3.8) is 0 Å². The van der Waals surface area contributed by atoms with Crippen LogP contribution in [0.5, 0.6) is 0 Å². The van der Waals surface area contributed by atoms with E-state index in [-0.39, 0.29) is 30.1 Å². The lowest BCUT2D eigenvalue weighted by Crippen LogP contribution is -2.47. The fraction of sp³-hybridized carbons (Fsp3) is 0.609. The van der Waals surface area contributed by atoms with Gasteiger partial charge in [0.1, 0.15) is 11.9 Å². The van der Waals surface area contributed by atoms with E-state index in [0.29, 0.717) is 0 Å². The maximum atomic E-state index is 12.1. The highest BCUT2D eigenvalue weighted by atomic mass is 16.6. The van der Waals surface area contributed by atoms with E-state index in [1.807, 2.05) is 32.9 Å². The number of hydrogen-bond acceptors (Lipinski definition) is 7. The zero-order valence-corrected chi connectivity index (χ0v) is 18.4. The van der Waals surface area contributed by atoms with Gasteiger partial charge < -0.3 is 30.3 Å². The highest BCUT2D eigenvalue weighted by Gasteiger charge is 2.50. The Morgan fingerprint density at radius 1 is 1.13 bits per heavy atom. The number of carbonyl (C=O) groups is 1. The number of hydrogen-bond donors (Lipinski definition) is 5. The molecule has 0 spiro atoms. The van der Waals surface area contributed by atoms with Crippen molar-refractivity contribution in [2.45, 2.75) is 84.1 Å². The summed E-state index contributed by atoms with van der Waals surface area (Å²) in [4.78, 5) is 12.1. The lowest BCUT2D eigenvalue weighted by Gasteiger charge is -2.25. The molecule has 0 radical (unpaired) electrons. The second-order valence-electron chi connectivity index (χ2n) is 7.94. The number of rotatable bonds is 11. The van der Waals surface area contributed by atoms with Crippen LogP contribution in [0.1, 0.15) is 53.9 Å². The van der Waals surface area contributed by atoms with E-state index < -0.39 is 36.0 Å². The van der Waals surface area contributed by atoms with E-state index in [1.165, 1.54) is 19.9 Å². The first kappa shape index (κ1) is 26.3. The van der Waals surface area contributed by atoms with Crippen LogP contribution in [0.3, 0.4) is 0 Å². The summed E-state index contributed by atoms with van der Waals surface area (Å²) in [6.07, 6.45) is 5.58. The maximum absolute atomic E-state index is 12.1. The number of carbonyl (C=O) groups excluding carboxylic acids is 1. The summed E-state index contributed by atoms with van der Waals surface area (Å²) in [6, 6.07) is 0. The molecule has 0 saturated carbocycles. The molecular formula is C23H36O7. The van der Waals surface area contributed by atoms with Gasteiger partial charge in [-0.2, -0.15) is 0 Å². The number of ketones is 1. The fourth-order valence-corrected chi connectivity index (χ4v) is 3.22. The summed E-state index contributed by atoms with van der Waals surface area (Å²) < 4.78 is 5.21. The fourth-order valence-electron chi connectivity index (χ4n) is 3.22. The predicted molar refractivity (Wildman–Crippen MR) is 114 cm³/mol. The molecule has 1 aliphatic heterocycles. The lowest BCUT2D eigenvalue weighted by molar-refractivity contribution is -0.214. The van der Waals surface area contributed by atoms with Crippen LogP contribution in [0.25, 0.3) is 0 Å². The molecule has 6 atom stereocenters. The second-order valence-corrected chi connectivity index (χ2v) is 7.94. The molecule has 30 heavy (non-hydrogen) atoms. The van der Waals surface area contributed by atoms with E-state index >= 15 is 0 Å². The molecule has 0 aliphatic carbocycles. The van der Waals surface area contributed by atoms with Gasteiger partial charge in [-0.15, -0.1) is 0 Å². The van der Waals surface area contributed by atoms with Crippen LogP contribution in [0.4, 0.5) is 0 Å². The molecule has 7 nitrogen and oxygen atoms in total. The average Bonchev–Trinajstić information content (AvgIpc) is 2.89. The quantitative estimate of drug-likeness (QED) is 0.253. The van der Waals surface area contributed by atoms with Gasteiger partial charge in [-0.25, -0.2) is 0 Å². The van der Waals surface area contributed by atoms with Crippen LogP contribution < -0.4 is 0 Å². The Bertz CT molecular complexity index is 704. The number of allylic oxidation sites excluding steroid dienone is 3. The Labute approximate surface area is 178 Å². The third kappa shape index (κ3) is 6.89. The number of Topliss-reactive ketones (excluding diaryl/α,β-unsaturated/α-hetero) is 1. The van der Waals surface area contributed by atoms with Crippen molar-refractivity contribution in [3.05, 3.63) is 47.3 Å². The highest BCUT2D eigenvalue weighted by Crippen LogP contribution is 2.34. The minimum atomic E-state index is -2.33. The van der Waals surface area contributed by atoms with Crippen molar-refractivity contribution in [1.29, 1.82) is 0 Å². The van der Waals surface area contributed by atoms with Crippen LogP contribution in [0, 0.1) is 5.92 Å². The number of aliphatic hydroxyl groups excluding tert-OH is 4. The first-order chi connectivity index (χ1) is 13.9. The molecular weight excluding hydrogens is 388 g/mol. The van der Waals surface area contributed by atoms with Gasteiger partial charge >= 0.3 is 0 Å². The van der Waals surface area contributed by atoms with E-state index in [9.17, 15) is 30.3 Å². The van der Waals surface area contributed by atoms with Gasteiger partial charge in [0.05, 0.1) is 18.3 Å². The smallest absolute Gasteiger partial charge is 0.298 e. The Kier molecular flexibility index (Phi) is 10.1. The van der Waals surface area contributed by atoms with Crippen molar-refractivity contribution in [1.82, 2.24) is 0 Å². The van der Waals surface area contributed by atoms with Crippen LogP contribution in [-0.4, -0.2) is 61.5 Å². The summed E-state index contributed by atoms with van der Waals surface area (Å²) in [6.45, 7) is 8.50. The van der Waals surface area contributed by atoms with Gasteiger partial charge in [-0.05, 0) is 32.8 Å². The van der Waals surface area contributed by atoms with Crippen LogP contribution >= 0.6 is 0 Å². The molecule has 1 heterocycles. The van der Waals surface area contributed by atoms with Gasteiger partial charge in [0.2, 0.25) is 5.78 Å². The Hall–Kier alpha value is -1.77. The molecule has 0 saturated heterocycles. The average molecular weight is 425 g/mol. The summed E-state index contributed by atoms with van der Waals surface area (Å²) in [5.41, 5.74) is 1.06. The third-order valence-electron chi connectivity index (χ3n) is 5.21.